The standard InChI is InChI=1S/C25H26N4O3/c1-16-21(17(2)29(28-16)19-9-5-4-6-10-19)14-24(30)27-23(25(31)32-3)13-18-15-26-22-12-8-7-11-20(18)22/h4-12,15,23,26H,13-14H2,1-3H3,(H,27,30)/t23-/m1/s1. The lowest BCUT2D eigenvalue weighted by Crippen LogP contribution is -2.43. The average Bonchev–Trinajstić information content (AvgIpc) is 3.34. The molecule has 0 spiro atoms. The number of carbonyl (C=O) groups is 2. The van der Waals surface area contributed by atoms with Crippen LogP contribution in [0.3, 0.4) is 0 Å². The summed E-state index contributed by atoms with van der Waals surface area (Å²) in [5, 5.41) is 8.48. The molecule has 1 amide bonds. The van der Waals surface area contributed by atoms with Gasteiger partial charge in [0.05, 0.1) is 24.9 Å². The molecule has 1 atom stereocenters. The number of aromatic nitrogens is 3. The highest BCUT2D eigenvalue weighted by Crippen LogP contribution is 2.21. The van der Waals surface area contributed by atoms with Gasteiger partial charge in [-0.2, -0.15) is 5.10 Å². The van der Waals surface area contributed by atoms with Gasteiger partial charge in [0, 0.05) is 34.8 Å². The second kappa shape index (κ2) is 9.09. The number of aromatic amines is 1. The second-order valence-corrected chi connectivity index (χ2v) is 7.78. The third kappa shape index (κ3) is 4.27. The molecule has 4 rings (SSSR count). The summed E-state index contributed by atoms with van der Waals surface area (Å²) in [6.07, 6.45) is 2.33. The van der Waals surface area contributed by atoms with Gasteiger partial charge in [0.25, 0.3) is 0 Å². The van der Waals surface area contributed by atoms with Gasteiger partial charge >= 0.3 is 5.97 Å². The summed E-state index contributed by atoms with van der Waals surface area (Å²) in [5.41, 5.74) is 5.40. The fourth-order valence-electron chi connectivity index (χ4n) is 4.01. The number of nitrogens with one attached hydrogen (secondary N) is 2. The highest BCUT2D eigenvalue weighted by Gasteiger charge is 2.24. The molecule has 0 aliphatic rings. The van der Waals surface area contributed by atoms with Crippen LogP contribution in [0.4, 0.5) is 0 Å². The molecular weight excluding hydrogens is 404 g/mol. The molecular formula is C25H26N4O3. The van der Waals surface area contributed by atoms with Crippen molar-refractivity contribution in [2.24, 2.45) is 0 Å². The van der Waals surface area contributed by atoms with E-state index in [0.29, 0.717) is 6.42 Å². The van der Waals surface area contributed by atoms with Crippen LogP contribution in [0.1, 0.15) is 22.5 Å². The van der Waals surface area contributed by atoms with Crippen LogP contribution >= 0.6 is 0 Å². The molecule has 0 radical (unpaired) electrons. The van der Waals surface area contributed by atoms with Gasteiger partial charge in [0.2, 0.25) is 5.91 Å². The number of methoxy groups -OCH3 is 1. The molecule has 0 aliphatic heterocycles. The number of H-pyrrole nitrogens is 1. The van der Waals surface area contributed by atoms with Crippen molar-refractivity contribution in [3.63, 3.8) is 0 Å². The molecule has 0 saturated heterocycles. The number of hydrogen-bond acceptors (Lipinski definition) is 4. The molecule has 4 aromatic rings. The predicted octanol–water partition coefficient (Wildman–Crippen LogP) is 3.41. The van der Waals surface area contributed by atoms with Crippen molar-refractivity contribution in [2.75, 3.05) is 7.11 Å². The highest BCUT2D eigenvalue weighted by molar-refractivity contribution is 5.88. The molecule has 7 heteroatoms. The Balaban J connectivity index is 1.52. The van der Waals surface area contributed by atoms with Crippen molar-refractivity contribution in [2.45, 2.75) is 32.7 Å². The van der Waals surface area contributed by atoms with E-state index in [0.717, 1.165) is 39.1 Å². The van der Waals surface area contributed by atoms with Crippen molar-refractivity contribution >= 4 is 22.8 Å². The molecule has 2 aromatic carbocycles. The number of fused-ring (bicyclic) bond motifs is 1. The fraction of sp³-hybridized carbons (Fsp3) is 0.240. The number of para-hydroxylation sites is 2. The number of carbonyl (C=O) groups excluding carboxylic acids is 2. The molecule has 164 valence electrons. The highest BCUT2D eigenvalue weighted by atomic mass is 16.5. The van der Waals surface area contributed by atoms with E-state index in [1.807, 2.05) is 79.3 Å². The fourth-order valence-corrected chi connectivity index (χ4v) is 4.01. The maximum Gasteiger partial charge on any atom is 0.328 e. The number of esters is 1. The summed E-state index contributed by atoms with van der Waals surface area (Å²) in [6.45, 7) is 3.83. The van der Waals surface area contributed by atoms with Crippen LogP contribution < -0.4 is 5.32 Å². The number of rotatable bonds is 7. The molecule has 0 aliphatic carbocycles. The number of hydrogen-bond donors (Lipinski definition) is 2. The van der Waals surface area contributed by atoms with Gasteiger partial charge in [-0.25, -0.2) is 9.48 Å². The van der Waals surface area contributed by atoms with Crippen LogP contribution in [0.5, 0.6) is 0 Å². The third-order valence-electron chi connectivity index (χ3n) is 5.70. The molecule has 2 N–H and O–H groups in total. The summed E-state index contributed by atoms with van der Waals surface area (Å²) in [5.74, 6) is -0.726. The minimum atomic E-state index is -0.781. The van der Waals surface area contributed by atoms with Crippen molar-refractivity contribution in [3.8, 4) is 5.69 Å². The maximum absolute atomic E-state index is 12.9. The minimum Gasteiger partial charge on any atom is -0.467 e. The molecule has 7 nitrogen and oxygen atoms in total. The maximum atomic E-state index is 12.9. The molecule has 32 heavy (non-hydrogen) atoms. The van der Waals surface area contributed by atoms with E-state index in [-0.39, 0.29) is 12.3 Å². The first-order valence-corrected chi connectivity index (χ1v) is 10.5. The Morgan fingerprint density at radius 1 is 1.09 bits per heavy atom. The van der Waals surface area contributed by atoms with E-state index in [4.69, 9.17) is 4.74 Å². The van der Waals surface area contributed by atoms with Crippen molar-refractivity contribution in [3.05, 3.63) is 83.3 Å². The van der Waals surface area contributed by atoms with Crippen LogP contribution in [0.25, 0.3) is 16.6 Å². The van der Waals surface area contributed by atoms with Gasteiger partial charge in [0.1, 0.15) is 6.04 Å². The largest absolute Gasteiger partial charge is 0.467 e. The summed E-state index contributed by atoms with van der Waals surface area (Å²) in [4.78, 5) is 28.5. The molecule has 0 unspecified atom stereocenters. The van der Waals surface area contributed by atoms with Gasteiger partial charge in [-0.3, -0.25) is 4.79 Å². The van der Waals surface area contributed by atoms with E-state index in [1.54, 1.807) is 0 Å². The second-order valence-electron chi connectivity index (χ2n) is 7.78. The zero-order valence-electron chi connectivity index (χ0n) is 18.4. The first-order valence-electron chi connectivity index (χ1n) is 10.5. The van der Waals surface area contributed by atoms with E-state index < -0.39 is 12.0 Å². The van der Waals surface area contributed by atoms with Crippen molar-refractivity contribution in [1.82, 2.24) is 20.1 Å². The van der Waals surface area contributed by atoms with E-state index >= 15 is 0 Å². The zero-order valence-corrected chi connectivity index (χ0v) is 18.4. The summed E-state index contributed by atoms with van der Waals surface area (Å²) >= 11 is 0. The molecule has 2 aromatic heterocycles. The summed E-state index contributed by atoms with van der Waals surface area (Å²) in [6, 6.07) is 16.9. The first kappa shape index (κ1) is 21.4. The Bertz CT molecular complexity index is 1260. The Morgan fingerprint density at radius 2 is 1.81 bits per heavy atom. The topological polar surface area (TPSA) is 89.0 Å². The molecule has 0 bridgehead atoms. The monoisotopic (exact) mass is 430 g/mol. The molecule has 2 heterocycles. The van der Waals surface area contributed by atoms with E-state index in [1.165, 1.54) is 7.11 Å². The van der Waals surface area contributed by atoms with Crippen LogP contribution in [0, 0.1) is 13.8 Å². The zero-order chi connectivity index (χ0) is 22.7. The van der Waals surface area contributed by atoms with Crippen LogP contribution in [-0.4, -0.2) is 39.8 Å². The first-order chi connectivity index (χ1) is 15.5. The van der Waals surface area contributed by atoms with Gasteiger partial charge in [0.15, 0.2) is 0 Å². The summed E-state index contributed by atoms with van der Waals surface area (Å²) in [7, 11) is 1.33. The Morgan fingerprint density at radius 3 is 2.56 bits per heavy atom. The SMILES string of the molecule is COC(=O)[C@@H](Cc1c[nH]c2ccccc12)NC(=O)Cc1c(C)nn(-c2ccccc2)c1C. The number of ether oxygens (including phenoxy) is 1. The number of nitrogens with zero attached hydrogens (tertiary/aromatic N) is 2. The lowest BCUT2D eigenvalue weighted by Gasteiger charge is -2.16. The predicted molar refractivity (Wildman–Crippen MR) is 123 cm³/mol. The van der Waals surface area contributed by atoms with Crippen LogP contribution in [0.2, 0.25) is 0 Å². The van der Waals surface area contributed by atoms with E-state index in [9.17, 15) is 9.59 Å². The number of aryl methyl sites for hydroxylation is 1. The normalized spacial score (nSPS) is 12.0. The smallest absolute Gasteiger partial charge is 0.328 e. The average molecular weight is 431 g/mol. The van der Waals surface area contributed by atoms with Crippen molar-refractivity contribution in [1.29, 1.82) is 0 Å². The van der Waals surface area contributed by atoms with Crippen molar-refractivity contribution < 1.29 is 14.3 Å². The summed E-state index contributed by atoms with van der Waals surface area (Å²) < 4.78 is 6.79. The van der Waals surface area contributed by atoms with Crippen LogP contribution in [0.15, 0.2) is 60.8 Å². The van der Waals surface area contributed by atoms with Gasteiger partial charge in [-0.15, -0.1) is 0 Å². The van der Waals surface area contributed by atoms with Crippen LogP contribution in [-0.2, 0) is 27.2 Å². The van der Waals surface area contributed by atoms with E-state index in [2.05, 4.69) is 15.4 Å². The minimum absolute atomic E-state index is 0.131. The Hall–Kier alpha value is -3.87. The molecule has 0 saturated carbocycles. The number of benzene rings is 2. The number of amides is 1. The van der Waals surface area contributed by atoms with Gasteiger partial charge < -0.3 is 15.0 Å². The quantitative estimate of drug-likeness (QED) is 0.440. The lowest BCUT2D eigenvalue weighted by molar-refractivity contribution is -0.145. The van der Waals surface area contributed by atoms with Gasteiger partial charge in [-0.05, 0) is 37.6 Å². The Kier molecular flexibility index (Phi) is 6.07. The lowest BCUT2D eigenvalue weighted by atomic mass is 10.0. The third-order valence-corrected chi connectivity index (χ3v) is 5.70. The molecule has 0 fully saturated rings. The van der Waals surface area contributed by atoms with Gasteiger partial charge in [-0.1, -0.05) is 36.4 Å². The Labute approximate surface area is 186 Å².